The maximum absolute atomic E-state index is 11.7. The third-order valence-corrected chi connectivity index (χ3v) is 5.72. The number of rotatable bonds is 6. The fraction of sp³-hybridized carbons (Fsp3) is 0.261. The second-order valence-corrected chi connectivity index (χ2v) is 8.12. The van der Waals surface area contributed by atoms with Crippen LogP contribution in [0.3, 0.4) is 0 Å². The summed E-state index contributed by atoms with van der Waals surface area (Å²) in [6, 6.07) is 6.22. The van der Waals surface area contributed by atoms with Crippen LogP contribution in [0.15, 0.2) is 53.2 Å². The minimum Gasteiger partial charge on any atom is -0.361 e. The van der Waals surface area contributed by atoms with Crippen molar-refractivity contribution in [2.45, 2.75) is 34.6 Å². The second-order valence-electron chi connectivity index (χ2n) is 7.09. The number of carbonyl (C=O) groups is 1. The minimum atomic E-state index is -0.231. The maximum atomic E-state index is 11.7. The van der Waals surface area contributed by atoms with Gasteiger partial charge in [0.1, 0.15) is 10.8 Å². The number of hydrogen-bond acceptors (Lipinski definition) is 5. The summed E-state index contributed by atoms with van der Waals surface area (Å²) in [5.41, 5.74) is 5.74. The molecule has 0 radical (unpaired) electrons. The summed E-state index contributed by atoms with van der Waals surface area (Å²) in [4.78, 5) is 16.5. The Balaban J connectivity index is 2.04. The van der Waals surface area contributed by atoms with E-state index in [9.17, 15) is 4.79 Å². The first-order chi connectivity index (χ1) is 13.8. The van der Waals surface area contributed by atoms with E-state index in [0.717, 1.165) is 49.1 Å². The van der Waals surface area contributed by atoms with E-state index in [1.807, 2.05) is 39.0 Å². The molecule has 1 aromatic carbocycles. The van der Waals surface area contributed by atoms with Crippen molar-refractivity contribution in [3.05, 3.63) is 65.2 Å². The molecule has 3 aromatic rings. The molecule has 3 rings (SSSR count). The van der Waals surface area contributed by atoms with E-state index in [1.165, 1.54) is 6.08 Å². The Morgan fingerprint density at radius 2 is 2.07 bits per heavy atom. The number of thiazole rings is 1. The van der Waals surface area contributed by atoms with Gasteiger partial charge in [-0.05, 0) is 62.1 Å². The molecular weight excluding hydrogens is 382 g/mol. The van der Waals surface area contributed by atoms with Gasteiger partial charge in [0.25, 0.3) is 0 Å². The molecule has 2 heterocycles. The number of amides is 1. The monoisotopic (exact) mass is 407 g/mol. The van der Waals surface area contributed by atoms with Gasteiger partial charge in [-0.15, -0.1) is 11.3 Å². The molecule has 0 unspecified atom stereocenters. The molecule has 0 saturated heterocycles. The maximum Gasteiger partial charge on any atom is 0.247 e. The number of benzene rings is 1. The van der Waals surface area contributed by atoms with Gasteiger partial charge in [0.2, 0.25) is 5.91 Å². The molecule has 6 heteroatoms. The molecular formula is C23H25N3O2S. The number of aromatic nitrogens is 2. The Bertz CT molecular complexity index is 1110. The van der Waals surface area contributed by atoms with E-state index < -0.39 is 0 Å². The summed E-state index contributed by atoms with van der Waals surface area (Å²) in [7, 11) is 0. The van der Waals surface area contributed by atoms with Crippen LogP contribution >= 0.6 is 11.3 Å². The van der Waals surface area contributed by atoms with Crippen LogP contribution in [-0.2, 0) is 4.79 Å². The molecule has 0 aliphatic carbocycles. The van der Waals surface area contributed by atoms with Crippen LogP contribution in [0.25, 0.3) is 26.9 Å². The number of allylic oxidation sites excluding steroid dienone is 3. The first-order valence-corrected chi connectivity index (χ1v) is 10.3. The van der Waals surface area contributed by atoms with E-state index in [1.54, 1.807) is 11.3 Å². The van der Waals surface area contributed by atoms with Crippen molar-refractivity contribution in [2.75, 3.05) is 0 Å². The lowest BCUT2D eigenvalue weighted by atomic mass is 10.0. The molecule has 0 spiro atoms. The average molecular weight is 408 g/mol. The second kappa shape index (κ2) is 8.57. The van der Waals surface area contributed by atoms with Crippen LogP contribution in [0.5, 0.6) is 0 Å². The molecule has 1 amide bonds. The van der Waals surface area contributed by atoms with E-state index >= 15 is 0 Å². The molecule has 0 fully saturated rings. The molecule has 150 valence electrons. The highest BCUT2D eigenvalue weighted by Gasteiger charge is 2.16. The van der Waals surface area contributed by atoms with Crippen LogP contribution in [0.1, 0.15) is 37.2 Å². The van der Waals surface area contributed by atoms with Gasteiger partial charge in [-0.2, -0.15) is 0 Å². The van der Waals surface area contributed by atoms with Crippen molar-refractivity contribution in [2.24, 2.45) is 5.92 Å². The number of nitrogens with zero attached hydrogens (tertiary/aromatic N) is 2. The molecule has 0 bridgehead atoms. The van der Waals surface area contributed by atoms with Crippen LogP contribution in [0.4, 0.5) is 0 Å². The molecule has 0 atom stereocenters. The molecule has 0 aliphatic heterocycles. The quantitative estimate of drug-likeness (QED) is 0.413. The Hall–Kier alpha value is -2.99. The number of carbonyl (C=O) groups excluding carboxylic acids is 1. The smallest absolute Gasteiger partial charge is 0.247 e. The summed E-state index contributed by atoms with van der Waals surface area (Å²) in [6.07, 6.45) is 5.12. The first kappa shape index (κ1) is 20.7. The number of aryl methyl sites for hydroxylation is 2. The zero-order valence-corrected chi connectivity index (χ0v) is 18.2. The van der Waals surface area contributed by atoms with Gasteiger partial charge < -0.3 is 9.84 Å². The van der Waals surface area contributed by atoms with E-state index in [4.69, 9.17) is 9.51 Å². The Morgan fingerprint density at radius 1 is 1.31 bits per heavy atom. The summed E-state index contributed by atoms with van der Waals surface area (Å²) < 4.78 is 6.41. The fourth-order valence-electron chi connectivity index (χ4n) is 3.13. The summed E-state index contributed by atoms with van der Waals surface area (Å²) in [5.74, 6) is 0.823. The molecule has 0 aliphatic rings. The summed E-state index contributed by atoms with van der Waals surface area (Å²) >= 11 is 1.64. The number of hydrogen-bond donors (Lipinski definition) is 1. The topological polar surface area (TPSA) is 68.0 Å². The zero-order valence-electron chi connectivity index (χ0n) is 17.4. The van der Waals surface area contributed by atoms with Crippen LogP contribution < -0.4 is 5.32 Å². The average Bonchev–Trinajstić information content (AvgIpc) is 3.26. The summed E-state index contributed by atoms with van der Waals surface area (Å²) in [5, 5.41) is 7.83. The number of fused-ring (bicyclic) bond motifs is 1. The van der Waals surface area contributed by atoms with Crippen molar-refractivity contribution in [3.8, 4) is 11.1 Å². The van der Waals surface area contributed by atoms with Gasteiger partial charge in [-0.3, -0.25) is 4.79 Å². The third-order valence-electron chi connectivity index (χ3n) is 4.65. The van der Waals surface area contributed by atoms with Gasteiger partial charge in [0.15, 0.2) is 0 Å². The van der Waals surface area contributed by atoms with E-state index in [-0.39, 0.29) is 11.8 Å². The summed E-state index contributed by atoms with van der Waals surface area (Å²) in [6.45, 7) is 13.5. The third kappa shape index (κ3) is 4.38. The molecule has 1 N–H and O–H groups in total. The standard InChI is InChI=1S/C23H25N3O2S/c1-7-17(24-21(27)8-2)12-18(13(3)4)23-25-19-10-9-16(11-20(19)29-23)22-14(5)26-28-15(22)6/h7-13H,2H2,1,3-6H3,(H,24,27)/b17-7?,18-12+. The Kier molecular flexibility index (Phi) is 6.13. The van der Waals surface area contributed by atoms with E-state index in [2.05, 4.69) is 43.0 Å². The Morgan fingerprint density at radius 3 is 2.66 bits per heavy atom. The fourth-order valence-corrected chi connectivity index (χ4v) is 4.30. The SMILES string of the molecule is C=CC(=O)NC(=CC)/C=C(/c1nc2ccc(-c3c(C)noc3C)cc2s1)C(C)C. The van der Waals surface area contributed by atoms with Crippen molar-refractivity contribution in [3.63, 3.8) is 0 Å². The van der Waals surface area contributed by atoms with Crippen molar-refractivity contribution in [1.29, 1.82) is 0 Å². The first-order valence-electron chi connectivity index (χ1n) is 9.49. The predicted octanol–water partition coefficient (Wildman–Crippen LogP) is 5.81. The largest absolute Gasteiger partial charge is 0.361 e. The normalized spacial score (nSPS) is 12.6. The van der Waals surface area contributed by atoms with Crippen molar-refractivity contribution < 1.29 is 9.32 Å². The molecule has 29 heavy (non-hydrogen) atoms. The molecule has 2 aromatic heterocycles. The highest BCUT2D eigenvalue weighted by molar-refractivity contribution is 7.19. The lowest BCUT2D eigenvalue weighted by molar-refractivity contribution is -0.115. The minimum absolute atomic E-state index is 0.231. The highest BCUT2D eigenvalue weighted by atomic mass is 32.1. The van der Waals surface area contributed by atoms with Crippen LogP contribution in [0, 0.1) is 19.8 Å². The zero-order chi connectivity index (χ0) is 21.1. The van der Waals surface area contributed by atoms with Gasteiger partial charge in [-0.1, -0.05) is 37.7 Å². The molecule has 5 nitrogen and oxygen atoms in total. The van der Waals surface area contributed by atoms with Gasteiger partial charge in [0, 0.05) is 11.3 Å². The van der Waals surface area contributed by atoms with Crippen molar-refractivity contribution in [1.82, 2.24) is 15.5 Å². The Labute approximate surface area is 174 Å². The van der Waals surface area contributed by atoms with Gasteiger partial charge in [-0.25, -0.2) is 4.98 Å². The lowest BCUT2D eigenvalue weighted by Gasteiger charge is -2.10. The van der Waals surface area contributed by atoms with Gasteiger partial charge in [0.05, 0.1) is 15.9 Å². The van der Waals surface area contributed by atoms with Crippen LogP contribution in [-0.4, -0.2) is 16.0 Å². The van der Waals surface area contributed by atoms with Crippen molar-refractivity contribution >= 4 is 33.0 Å². The lowest BCUT2D eigenvalue weighted by Crippen LogP contribution is -2.19. The molecule has 0 saturated carbocycles. The van der Waals surface area contributed by atoms with Crippen LogP contribution in [0.2, 0.25) is 0 Å². The number of nitrogens with one attached hydrogen (secondary N) is 1. The predicted molar refractivity (Wildman–Crippen MR) is 120 cm³/mol. The van der Waals surface area contributed by atoms with E-state index in [0.29, 0.717) is 0 Å². The van der Waals surface area contributed by atoms with Gasteiger partial charge >= 0.3 is 0 Å². The highest BCUT2D eigenvalue weighted by Crippen LogP contribution is 2.35.